The van der Waals surface area contributed by atoms with Crippen LogP contribution in [0.5, 0.6) is 0 Å². The summed E-state index contributed by atoms with van der Waals surface area (Å²) in [6.45, 7) is 21.2. The molecule has 3 heteroatoms. The van der Waals surface area contributed by atoms with Crippen LogP contribution >= 0.6 is 0 Å². The van der Waals surface area contributed by atoms with Gasteiger partial charge in [-0.2, -0.15) is 0 Å². The van der Waals surface area contributed by atoms with E-state index in [9.17, 15) is 0 Å². The average molecular weight is 325 g/mol. The Labute approximate surface area is 144 Å². The van der Waals surface area contributed by atoms with Crippen molar-refractivity contribution < 1.29 is 4.74 Å². The van der Waals surface area contributed by atoms with Crippen molar-refractivity contribution in [2.45, 2.75) is 78.9 Å². The molecule has 3 nitrogen and oxygen atoms in total. The standard InChI is InChI=1S/C20H40N2O/c1-19(2,3)8-7-9-21-10-12-22(13-11-21)16-17-14-18(15-17)23-20(4,5)6/h17-18H,7-16H2,1-6H3. The molecule has 0 atom stereocenters. The molecule has 1 saturated heterocycles. The van der Waals surface area contributed by atoms with Gasteiger partial charge in [-0.15, -0.1) is 0 Å². The second-order valence-corrected chi connectivity index (χ2v) is 10.00. The molecular weight excluding hydrogens is 284 g/mol. The predicted octanol–water partition coefficient (Wildman–Crippen LogP) is 4.02. The van der Waals surface area contributed by atoms with Crippen LogP contribution in [-0.4, -0.2) is 60.8 Å². The highest BCUT2D eigenvalue weighted by Crippen LogP contribution is 2.33. The number of rotatable bonds is 6. The maximum atomic E-state index is 6.06. The Morgan fingerprint density at radius 2 is 1.43 bits per heavy atom. The van der Waals surface area contributed by atoms with Gasteiger partial charge in [0.25, 0.3) is 0 Å². The van der Waals surface area contributed by atoms with Crippen molar-refractivity contribution in [1.29, 1.82) is 0 Å². The number of nitrogens with zero attached hydrogens (tertiary/aromatic N) is 2. The lowest BCUT2D eigenvalue weighted by Gasteiger charge is -2.43. The summed E-state index contributed by atoms with van der Waals surface area (Å²) in [5, 5.41) is 0. The first-order valence-electron chi connectivity index (χ1n) is 9.73. The van der Waals surface area contributed by atoms with Crippen LogP contribution in [0.15, 0.2) is 0 Å². The largest absolute Gasteiger partial charge is 0.373 e. The fourth-order valence-electron chi connectivity index (χ4n) is 3.81. The molecule has 0 spiro atoms. The highest BCUT2D eigenvalue weighted by Gasteiger charge is 2.34. The zero-order valence-electron chi connectivity index (χ0n) is 16.5. The minimum atomic E-state index is 0.0221. The minimum Gasteiger partial charge on any atom is -0.373 e. The third-order valence-electron chi connectivity index (χ3n) is 5.10. The molecule has 0 N–H and O–H groups in total. The van der Waals surface area contributed by atoms with E-state index in [2.05, 4.69) is 51.3 Å². The molecule has 2 aliphatic rings. The van der Waals surface area contributed by atoms with Crippen LogP contribution in [0.25, 0.3) is 0 Å². The van der Waals surface area contributed by atoms with Gasteiger partial charge in [0.2, 0.25) is 0 Å². The highest BCUT2D eigenvalue weighted by atomic mass is 16.5. The van der Waals surface area contributed by atoms with Gasteiger partial charge in [-0.3, -0.25) is 0 Å². The van der Waals surface area contributed by atoms with E-state index >= 15 is 0 Å². The van der Waals surface area contributed by atoms with Crippen molar-refractivity contribution in [2.75, 3.05) is 39.3 Å². The number of hydrogen-bond acceptors (Lipinski definition) is 3. The second kappa shape index (κ2) is 7.84. The van der Waals surface area contributed by atoms with E-state index < -0.39 is 0 Å². The molecule has 0 aromatic carbocycles. The summed E-state index contributed by atoms with van der Waals surface area (Å²) < 4.78 is 6.06. The summed E-state index contributed by atoms with van der Waals surface area (Å²) in [7, 11) is 0. The molecule has 0 unspecified atom stereocenters. The van der Waals surface area contributed by atoms with E-state index in [0.717, 1.165) is 5.92 Å². The zero-order chi connectivity index (χ0) is 17.1. The lowest BCUT2D eigenvalue weighted by molar-refractivity contribution is -0.116. The number of piperazine rings is 1. The van der Waals surface area contributed by atoms with Crippen molar-refractivity contribution >= 4 is 0 Å². The summed E-state index contributed by atoms with van der Waals surface area (Å²) >= 11 is 0. The normalized spacial score (nSPS) is 27.9. The third kappa shape index (κ3) is 7.53. The van der Waals surface area contributed by atoms with Crippen LogP contribution in [-0.2, 0) is 4.74 Å². The van der Waals surface area contributed by atoms with Gasteiger partial charge < -0.3 is 14.5 Å². The molecule has 2 fully saturated rings. The molecule has 0 aromatic rings. The van der Waals surface area contributed by atoms with Crippen LogP contribution in [0, 0.1) is 11.3 Å². The Morgan fingerprint density at radius 1 is 0.870 bits per heavy atom. The van der Waals surface area contributed by atoms with E-state index in [1.54, 1.807) is 0 Å². The first-order valence-corrected chi connectivity index (χ1v) is 9.73. The third-order valence-corrected chi connectivity index (χ3v) is 5.10. The van der Waals surface area contributed by atoms with Crippen LogP contribution in [0.3, 0.4) is 0 Å². The van der Waals surface area contributed by atoms with Gasteiger partial charge in [-0.1, -0.05) is 20.8 Å². The van der Waals surface area contributed by atoms with Crippen molar-refractivity contribution in [3.8, 4) is 0 Å². The summed E-state index contributed by atoms with van der Waals surface area (Å²) in [5.41, 5.74) is 0.506. The molecule has 0 radical (unpaired) electrons. The number of hydrogen-bond donors (Lipinski definition) is 0. The molecular formula is C20H40N2O. The van der Waals surface area contributed by atoms with E-state index in [0.29, 0.717) is 11.5 Å². The van der Waals surface area contributed by atoms with Crippen molar-refractivity contribution in [2.24, 2.45) is 11.3 Å². The van der Waals surface area contributed by atoms with Gasteiger partial charge in [0, 0.05) is 32.7 Å². The fourth-order valence-corrected chi connectivity index (χ4v) is 3.81. The van der Waals surface area contributed by atoms with Crippen LogP contribution in [0.2, 0.25) is 0 Å². The first kappa shape index (κ1) is 19.2. The molecule has 1 aliphatic carbocycles. The molecule has 1 heterocycles. The predicted molar refractivity (Wildman–Crippen MR) is 98.9 cm³/mol. The molecule has 136 valence electrons. The Balaban J connectivity index is 1.54. The van der Waals surface area contributed by atoms with Crippen LogP contribution in [0.4, 0.5) is 0 Å². The lowest BCUT2D eigenvalue weighted by Crippen LogP contribution is -2.50. The topological polar surface area (TPSA) is 15.7 Å². The van der Waals surface area contributed by atoms with Gasteiger partial charge >= 0.3 is 0 Å². The first-order chi connectivity index (χ1) is 10.6. The Morgan fingerprint density at radius 3 is 1.96 bits per heavy atom. The lowest BCUT2D eigenvalue weighted by atomic mass is 9.81. The molecule has 1 saturated carbocycles. The SMILES string of the molecule is CC(C)(C)CCCN1CCN(CC2CC(OC(C)(C)C)C2)CC1. The fraction of sp³-hybridized carbons (Fsp3) is 1.00. The summed E-state index contributed by atoms with van der Waals surface area (Å²) in [6.07, 6.45) is 5.73. The molecule has 0 bridgehead atoms. The van der Waals surface area contributed by atoms with E-state index in [1.165, 1.54) is 65.0 Å². The molecule has 2 rings (SSSR count). The van der Waals surface area contributed by atoms with Crippen LogP contribution in [0.1, 0.15) is 67.2 Å². The smallest absolute Gasteiger partial charge is 0.0602 e. The Bertz CT molecular complexity index is 342. The van der Waals surface area contributed by atoms with E-state index in [-0.39, 0.29) is 5.60 Å². The van der Waals surface area contributed by atoms with Crippen molar-refractivity contribution in [1.82, 2.24) is 9.80 Å². The summed E-state index contributed by atoms with van der Waals surface area (Å²) in [6, 6.07) is 0. The molecule has 0 amide bonds. The average Bonchev–Trinajstić information content (AvgIpc) is 2.35. The van der Waals surface area contributed by atoms with E-state index in [1.807, 2.05) is 0 Å². The summed E-state index contributed by atoms with van der Waals surface area (Å²) in [5.74, 6) is 0.870. The van der Waals surface area contributed by atoms with Crippen molar-refractivity contribution in [3.05, 3.63) is 0 Å². The summed E-state index contributed by atoms with van der Waals surface area (Å²) in [4.78, 5) is 5.34. The molecule has 23 heavy (non-hydrogen) atoms. The minimum absolute atomic E-state index is 0.0221. The van der Waals surface area contributed by atoms with Gasteiger partial charge in [-0.05, 0) is 64.3 Å². The zero-order valence-corrected chi connectivity index (χ0v) is 16.5. The van der Waals surface area contributed by atoms with Crippen molar-refractivity contribution in [3.63, 3.8) is 0 Å². The molecule has 1 aliphatic heterocycles. The van der Waals surface area contributed by atoms with Gasteiger partial charge in [0.15, 0.2) is 0 Å². The van der Waals surface area contributed by atoms with Crippen LogP contribution < -0.4 is 0 Å². The van der Waals surface area contributed by atoms with Gasteiger partial charge in [0.05, 0.1) is 11.7 Å². The molecule has 0 aromatic heterocycles. The quantitative estimate of drug-likeness (QED) is 0.734. The maximum Gasteiger partial charge on any atom is 0.0602 e. The Kier molecular flexibility index (Phi) is 6.55. The Hall–Kier alpha value is -0.120. The van der Waals surface area contributed by atoms with Gasteiger partial charge in [0.1, 0.15) is 0 Å². The number of ether oxygens (including phenoxy) is 1. The highest BCUT2D eigenvalue weighted by molar-refractivity contribution is 4.85. The maximum absolute atomic E-state index is 6.06. The second-order valence-electron chi connectivity index (χ2n) is 10.00. The van der Waals surface area contributed by atoms with Gasteiger partial charge in [-0.25, -0.2) is 0 Å². The van der Waals surface area contributed by atoms with E-state index in [4.69, 9.17) is 4.74 Å². The monoisotopic (exact) mass is 324 g/mol.